The molecule has 2 heterocycles. The van der Waals surface area contributed by atoms with Gasteiger partial charge < -0.3 is 14.7 Å². The third kappa shape index (κ3) is 4.78. The number of carbonyl (C=O) groups is 1. The van der Waals surface area contributed by atoms with Crippen molar-refractivity contribution in [1.29, 1.82) is 0 Å². The predicted octanol–water partition coefficient (Wildman–Crippen LogP) is 3.45. The molecule has 6 nitrogen and oxygen atoms in total. The summed E-state index contributed by atoms with van der Waals surface area (Å²) in [5.41, 5.74) is 2.42. The van der Waals surface area contributed by atoms with Crippen LogP contribution in [0.5, 0.6) is 0 Å². The van der Waals surface area contributed by atoms with Crippen molar-refractivity contribution in [2.75, 3.05) is 39.3 Å². The normalized spacial score (nSPS) is 16.3. The van der Waals surface area contributed by atoms with Gasteiger partial charge in [-0.15, -0.1) is 0 Å². The Morgan fingerprint density at radius 3 is 2.37 bits per heavy atom. The van der Waals surface area contributed by atoms with Gasteiger partial charge >= 0.3 is 0 Å². The molecule has 1 atom stereocenters. The first-order valence-corrected chi connectivity index (χ1v) is 10.6. The van der Waals surface area contributed by atoms with E-state index >= 15 is 0 Å². The van der Waals surface area contributed by atoms with Gasteiger partial charge in [0.2, 0.25) is 0 Å². The molecule has 1 saturated heterocycles. The number of aromatic nitrogens is 1. The highest BCUT2D eigenvalue weighted by atomic mass is 16.5. The van der Waals surface area contributed by atoms with E-state index < -0.39 is 0 Å². The van der Waals surface area contributed by atoms with Gasteiger partial charge in [-0.1, -0.05) is 72.7 Å². The maximum Gasteiger partial charge on any atom is 0.273 e. The van der Waals surface area contributed by atoms with Crippen molar-refractivity contribution in [2.24, 2.45) is 0 Å². The van der Waals surface area contributed by atoms with Crippen molar-refractivity contribution in [3.8, 4) is 11.3 Å². The van der Waals surface area contributed by atoms with E-state index in [-0.39, 0.29) is 11.9 Å². The summed E-state index contributed by atoms with van der Waals surface area (Å²) in [7, 11) is 0. The van der Waals surface area contributed by atoms with E-state index in [2.05, 4.69) is 51.5 Å². The Labute approximate surface area is 177 Å². The van der Waals surface area contributed by atoms with Crippen LogP contribution in [0.1, 0.15) is 29.0 Å². The second kappa shape index (κ2) is 9.69. The summed E-state index contributed by atoms with van der Waals surface area (Å²) in [5.74, 6) is 0.380. The van der Waals surface area contributed by atoms with E-state index in [1.54, 1.807) is 6.07 Å². The Hall–Kier alpha value is -2.96. The molecule has 1 aliphatic rings. The van der Waals surface area contributed by atoms with Crippen molar-refractivity contribution in [1.82, 2.24) is 20.3 Å². The number of nitrogens with one attached hydrogen (secondary N) is 1. The van der Waals surface area contributed by atoms with Crippen molar-refractivity contribution < 1.29 is 9.32 Å². The molecule has 4 rings (SSSR count). The Morgan fingerprint density at radius 2 is 1.70 bits per heavy atom. The number of amides is 1. The van der Waals surface area contributed by atoms with Crippen molar-refractivity contribution >= 4 is 5.91 Å². The summed E-state index contributed by atoms with van der Waals surface area (Å²) in [4.78, 5) is 17.7. The SMILES string of the molecule is CCN1CCN([C@H](CNC(=O)c2cc(-c3ccccc3)on2)c2ccccc2)CC1. The van der Waals surface area contributed by atoms with E-state index in [0.717, 1.165) is 38.3 Å². The third-order valence-electron chi connectivity index (χ3n) is 5.74. The standard InChI is InChI=1S/C24H28N4O2/c1-2-27-13-15-28(16-14-27)22(19-9-5-3-6-10-19)18-25-24(29)21-17-23(30-26-21)20-11-7-4-8-12-20/h3-12,17,22H,2,13-16,18H2,1H3,(H,25,29)/t22-/m1/s1. The zero-order chi connectivity index (χ0) is 20.8. The molecule has 0 radical (unpaired) electrons. The second-order valence-electron chi connectivity index (χ2n) is 7.55. The van der Waals surface area contributed by atoms with Crippen LogP contribution in [0.15, 0.2) is 71.3 Å². The zero-order valence-electron chi connectivity index (χ0n) is 17.3. The van der Waals surface area contributed by atoms with Gasteiger partial charge in [-0.25, -0.2) is 0 Å². The Bertz CT molecular complexity index is 934. The molecule has 1 aromatic heterocycles. The molecule has 0 unspecified atom stereocenters. The van der Waals surface area contributed by atoms with E-state index in [4.69, 9.17) is 4.52 Å². The molecule has 0 bridgehead atoms. The van der Waals surface area contributed by atoms with Crippen LogP contribution in [0.2, 0.25) is 0 Å². The molecule has 156 valence electrons. The summed E-state index contributed by atoms with van der Waals surface area (Å²) >= 11 is 0. The zero-order valence-corrected chi connectivity index (χ0v) is 17.3. The minimum atomic E-state index is -0.214. The number of nitrogens with zero attached hydrogens (tertiary/aromatic N) is 3. The Morgan fingerprint density at radius 1 is 1.03 bits per heavy atom. The second-order valence-corrected chi connectivity index (χ2v) is 7.55. The first kappa shape index (κ1) is 20.3. The lowest BCUT2D eigenvalue weighted by molar-refractivity contribution is 0.0849. The molecule has 30 heavy (non-hydrogen) atoms. The summed E-state index contributed by atoms with van der Waals surface area (Å²) in [6.45, 7) is 7.90. The molecule has 1 fully saturated rings. The smallest absolute Gasteiger partial charge is 0.273 e. The van der Waals surface area contributed by atoms with Gasteiger partial charge in [0.25, 0.3) is 5.91 Å². The fourth-order valence-corrected chi connectivity index (χ4v) is 3.92. The van der Waals surface area contributed by atoms with Crippen molar-refractivity contribution in [3.63, 3.8) is 0 Å². The van der Waals surface area contributed by atoms with Gasteiger partial charge in [-0.3, -0.25) is 9.69 Å². The Kier molecular flexibility index (Phi) is 6.57. The third-order valence-corrected chi connectivity index (χ3v) is 5.74. The summed E-state index contributed by atoms with van der Waals surface area (Å²) in [6.07, 6.45) is 0. The number of piperazine rings is 1. The van der Waals surface area contributed by atoms with Crippen LogP contribution < -0.4 is 5.32 Å². The van der Waals surface area contributed by atoms with E-state index in [9.17, 15) is 4.79 Å². The number of carbonyl (C=O) groups excluding carboxylic acids is 1. The Balaban J connectivity index is 1.43. The molecule has 1 aliphatic heterocycles. The van der Waals surface area contributed by atoms with Crippen molar-refractivity contribution in [2.45, 2.75) is 13.0 Å². The monoisotopic (exact) mass is 404 g/mol. The van der Waals surface area contributed by atoms with Crippen LogP contribution in [0, 0.1) is 0 Å². The fraction of sp³-hybridized carbons (Fsp3) is 0.333. The highest BCUT2D eigenvalue weighted by Crippen LogP contribution is 2.23. The van der Waals surface area contributed by atoms with Gasteiger partial charge in [-0.2, -0.15) is 0 Å². The lowest BCUT2D eigenvalue weighted by Gasteiger charge is -2.39. The number of hydrogen-bond acceptors (Lipinski definition) is 5. The highest BCUT2D eigenvalue weighted by Gasteiger charge is 2.25. The van der Waals surface area contributed by atoms with Crippen LogP contribution in [0.4, 0.5) is 0 Å². The van der Waals surface area contributed by atoms with Crippen LogP contribution in [0.25, 0.3) is 11.3 Å². The summed E-state index contributed by atoms with van der Waals surface area (Å²) in [5, 5.41) is 7.04. The molecule has 0 saturated carbocycles. The molecular weight excluding hydrogens is 376 g/mol. The molecule has 1 amide bonds. The first-order chi connectivity index (χ1) is 14.7. The maximum absolute atomic E-state index is 12.7. The molecule has 1 N–H and O–H groups in total. The topological polar surface area (TPSA) is 61.6 Å². The fourth-order valence-electron chi connectivity index (χ4n) is 3.92. The van der Waals surface area contributed by atoms with Crippen LogP contribution >= 0.6 is 0 Å². The van der Waals surface area contributed by atoms with Crippen LogP contribution in [-0.2, 0) is 0 Å². The maximum atomic E-state index is 12.7. The van der Waals surface area contributed by atoms with E-state index in [1.165, 1.54) is 5.56 Å². The average molecular weight is 405 g/mol. The lowest BCUT2D eigenvalue weighted by atomic mass is 10.0. The molecular formula is C24H28N4O2. The lowest BCUT2D eigenvalue weighted by Crippen LogP contribution is -2.49. The number of likely N-dealkylation sites (N-methyl/N-ethyl adjacent to an activating group) is 1. The minimum absolute atomic E-state index is 0.134. The molecule has 3 aromatic rings. The van der Waals surface area contributed by atoms with Gasteiger partial charge in [0.05, 0.1) is 6.04 Å². The summed E-state index contributed by atoms with van der Waals surface area (Å²) < 4.78 is 5.38. The first-order valence-electron chi connectivity index (χ1n) is 10.6. The number of hydrogen-bond donors (Lipinski definition) is 1. The number of rotatable bonds is 7. The van der Waals surface area contributed by atoms with E-state index in [1.807, 2.05) is 36.4 Å². The average Bonchev–Trinajstić information content (AvgIpc) is 3.31. The van der Waals surface area contributed by atoms with Gasteiger partial charge in [0, 0.05) is 44.4 Å². The molecule has 6 heteroatoms. The van der Waals surface area contributed by atoms with Crippen molar-refractivity contribution in [3.05, 3.63) is 78.0 Å². The molecule has 2 aromatic carbocycles. The van der Waals surface area contributed by atoms with Gasteiger partial charge in [0.15, 0.2) is 11.5 Å². The summed E-state index contributed by atoms with van der Waals surface area (Å²) in [6, 6.07) is 21.9. The highest BCUT2D eigenvalue weighted by molar-refractivity contribution is 5.93. The molecule has 0 aliphatic carbocycles. The minimum Gasteiger partial charge on any atom is -0.355 e. The quantitative estimate of drug-likeness (QED) is 0.654. The number of benzene rings is 2. The predicted molar refractivity (Wildman–Crippen MR) is 117 cm³/mol. The van der Waals surface area contributed by atoms with Crippen LogP contribution in [0.3, 0.4) is 0 Å². The van der Waals surface area contributed by atoms with Gasteiger partial charge in [0.1, 0.15) is 0 Å². The van der Waals surface area contributed by atoms with Crippen LogP contribution in [-0.4, -0.2) is 60.1 Å². The largest absolute Gasteiger partial charge is 0.355 e. The van der Waals surface area contributed by atoms with E-state index in [0.29, 0.717) is 18.0 Å². The van der Waals surface area contributed by atoms with Gasteiger partial charge in [-0.05, 0) is 12.1 Å². The molecule has 0 spiro atoms.